The molecule has 0 aliphatic heterocycles. The maximum Gasteiger partial charge on any atom is 0.0948 e. The molecule has 1 aromatic heterocycles. The Bertz CT molecular complexity index is 287. The second-order valence-electron chi connectivity index (χ2n) is 2.06. The fraction of sp³-hybridized carbons (Fsp3) is 0.300. The Labute approximate surface area is 78.3 Å². The van der Waals surface area contributed by atoms with Crippen molar-refractivity contribution in [1.82, 2.24) is 10.0 Å². The highest BCUT2D eigenvalue weighted by molar-refractivity contribution is 5.60. The molecule has 72 valence electrons. The molecule has 0 aliphatic carbocycles. The minimum atomic E-state index is 0.284. The van der Waals surface area contributed by atoms with E-state index in [1.807, 2.05) is 20.8 Å². The first kappa shape index (κ1) is 11.6. The predicted molar refractivity (Wildman–Crippen MR) is 54.9 cm³/mol. The van der Waals surface area contributed by atoms with Gasteiger partial charge in [0.1, 0.15) is 0 Å². The van der Waals surface area contributed by atoms with Gasteiger partial charge in [0.25, 0.3) is 0 Å². The van der Waals surface area contributed by atoms with E-state index in [9.17, 15) is 4.48 Å². The van der Waals surface area contributed by atoms with Crippen molar-refractivity contribution in [2.75, 3.05) is 0 Å². The van der Waals surface area contributed by atoms with Gasteiger partial charge in [-0.15, -0.1) is 10.0 Å². The molecule has 2 nitrogen and oxygen atoms in total. The average Bonchev–Trinajstić information content (AvgIpc) is 2.50. The summed E-state index contributed by atoms with van der Waals surface area (Å²) in [5.41, 5.74) is 1.30. The van der Waals surface area contributed by atoms with Gasteiger partial charge in [-0.05, 0) is 13.0 Å². The van der Waals surface area contributed by atoms with E-state index >= 15 is 0 Å². The third-order valence-corrected chi connectivity index (χ3v) is 1.29. The lowest BCUT2D eigenvalue weighted by atomic mass is 10.2. The van der Waals surface area contributed by atoms with Gasteiger partial charge in [0, 0.05) is 5.56 Å². The molecule has 1 aromatic rings. The summed E-state index contributed by atoms with van der Waals surface area (Å²) in [6.45, 7) is 9.38. The van der Waals surface area contributed by atoms with E-state index in [1.54, 1.807) is 18.2 Å². The normalized spacial score (nSPS) is 9.54. The zero-order valence-corrected chi connectivity index (χ0v) is 8.29. The first-order chi connectivity index (χ1) is 6.27. The van der Waals surface area contributed by atoms with Crippen molar-refractivity contribution in [2.24, 2.45) is 0 Å². The van der Waals surface area contributed by atoms with Crippen LogP contribution in [0.5, 0.6) is 0 Å². The van der Waals surface area contributed by atoms with Crippen molar-refractivity contribution in [3.05, 3.63) is 30.1 Å². The lowest BCUT2D eigenvalue weighted by Crippen LogP contribution is -1.80. The summed E-state index contributed by atoms with van der Waals surface area (Å²) in [7, 11) is 0. The summed E-state index contributed by atoms with van der Waals surface area (Å²) in [6, 6.07) is 0. The number of aromatic nitrogens is 2. The van der Waals surface area contributed by atoms with Crippen LogP contribution < -0.4 is 0 Å². The lowest BCUT2D eigenvalue weighted by molar-refractivity contribution is 0.316. The van der Waals surface area contributed by atoms with Crippen LogP contribution in [-0.4, -0.2) is 10.0 Å². The van der Waals surface area contributed by atoms with E-state index in [-0.39, 0.29) is 4.90 Å². The van der Waals surface area contributed by atoms with Gasteiger partial charge in [-0.3, -0.25) is 0 Å². The van der Waals surface area contributed by atoms with Crippen LogP contribution in [0.4, 0.5) is 4.48 Å². The molecule has 0 bridgehead atoms. The molecule has 13 heavy (non-hydrogen) atoms. The second kappa shape index (κ2) is 6.17. The monoisotopic (exact) mass is 182 g/mol. The quantitative estimate of drug-likeness (QED) is 0.686. The summed E-state index contributed by atoms with van der Waals surface area (Å²) in [6.07, 6.45) is 6.38. The van der Waals surface area contributed by atoms with Crippen molar-refractivity contribution in [3.63, 3.8) is 0 Å². The Kier molecular flexibility index (Phi) is 5.52. The predicted octanol–water partition coefficient (Wildman–Crippen LogP) is 3.32. The highest BCUT2D eigenvalue weighted by Gasteiger charge is 2.00. The Morgan fingerprint density at radius 2 is 2.15 bits per heavy atom. The van der Waals surface area contributed by atoms with Crippen molar-refractivity contribution >= 4 is 12.2 Å². The van der Waals surface area contributed by atoms with Crippen LogP contribution >= 0.6 is 0 Å². The molecule has 0 N–H and O–H groups in total. The van der Waals surface area contributed by atoms with Crippen molar-refractivity contribution < 1.29 is 4.48 Å². The van der Waals surface area contributed by atoms with E-state index in [0.29, 0.717) is 11.3 Å². The zero-order chi connectivity index (χ0) is 10.3. The molecular formula is C10H15FN2. The van der Waals surface area contributed by atoms with Gasteiger partial charge in [-0.2, -0.15) is 0 Å². The van der Waals surface area contributed by atoms with Crippen LogP contribution in [0.25, 0.3) is 12.2 Å². The minimum Gasteiger partial charge on any atom is -0.142 e. The molecule has 0 aromatic carbocycles. The molecule has 3 heteroatoms. The Balaban J connectivity index is 0.000000671. The molecule has 0 amide bonds. The standard InChI is InChI=1S/C8H9FN2.C2H6/c1-3-5-8-7(4-2)6-11(9)10-8;1-2/h3-6H,2H2,1H3;1-2H3/b5-3-;. The fourth-order valence-corrected chi connectivity index (χ4v) is 0.815. The van der Waals surface area contributed by atoms with Gasteiger partial charge < -0.3 is 0 Å². The summed E-state index contributed by atoms with van der Waals surface area (Å²) < 4.78 is 12.4. The Morgan fingerprint density at radius 3 is 2.62 bits per heavy atom. The summed E-state index contributed by atoms with van der Waals surface area (Å²) in [5.74, 6) is 0. The molecule has 1 heterocycles. The van der Waals surface area contributed by atoms with Gasteiger partial charge >= 0.3 is 0 Å². The lowest BCUT2D eigenvalue weighted by Gasteiger charge is -1.83. The van der Waals surface area contributed by atoms with Crippen LogP contribution in [-0.2, 0) is 0 Å². The summed E-state index contributed by atoms with van der Waals surface area (Å²) in [5, 5.41) is 3.56. The molecule has 0 atom stereocenters. The molecule has 1 rings (SSSR count). The molecule has 0 radical (unpaired) electrons. The van der Waals surface area contributed by atoms with Crippen LogP contribution in [0.3, 0.4) is 0 Å². The molecule has 0 saturated heterocycles. The SMILES string of the molecule is C=Cc1cn(F)nc1/C=C\C.CC. The highest BCUT2D eigenvalue weighted by Crippen LogP contribution is 2.09. The molecule has 0 fully saturated rings. The zero-order valence-electron chi connectivity index (χ0n) is 8.29. The first-order valence-corrected chi connectivity index (χ1v) is 4.29. The average molecular weight is 182 g/mol. The van der Waals surface area contributed by atoms with E-state index in [2.05, 4.69) is 11.7 Å². The third kappa shape index (κ3) is 3.23. The van der Waals surface area contributed by atoms with Gasteiger partial charge in [0.15, 0.2) is 0 Å². The van der Waals surface area contributed by atoms with Crippen molar-refractivity contribution in [3.8, 4) is 0 Å². The Morgan fingerprint density at radius 1 is 1.54 bits per heavy atom. The maximum absolute atomic E-state index is 12.4. The number of rotatable bonds is 2. The highest BCUT2D eigenvalue weighted by atomic mass is 19.2. The van der Waals surface area contributed by atoms with Gasteiger partial charge in [-0.1, -0.05) is 37.1 Å². The van der Waals surface area contributed by atoms with Crippen molar-refractivity contribution in [1.29, 1.82) is 0 Å². The summed E-state index contributed by atoms with van der Waals surface area (Å²) in [4.78, 5) is 0.284. The molecular weight excluding hydrogens is 167 g/mol. The smallest absolute Gasteiger partial charge is 0.0948 e. The number of hydrogen-bond donors (Lipinski definition) is 0. The van der Waals surface area contributed by atoms with Crippen LogP contribution in [0.2, 0.25) is 0 Å². The number of nitrogens with zero attached hydrogens (tertiary/aromatic N) is 2. The molecule has 0 aliphatic rings. The third-order valence-electron chi connectivity index (χ3n) is 1.29. The minimum absolute atomic E-state index is 0.284. The van der Waals surface area contributed by atoms with Gasteiger partial charge in [-0.25, -0.2) is 0 Å². The number of allylic oxidation sites excluding steroid dienone is 1. The topological polar surface area (TPSA) is 17.8 Å². The van der Waals surface area contributed by atoms with E-state index in [0.717, 1.165) is 0 Å². The van der Waals surface area contributed by atoms with Crippen LogP contribution in [0, 0.1) is 0 Å². The van der Waals surface area contributed by atoms with E-state index in [4.69, 9.17) is 0 Å². The maximum atomic E-state index is 12.4. The number of halogens is 1. The Hall–Kier alpha value is -1.38. The van der Waals surface area contributed by atoms with E-state index < -0.39 is 0 Å². The summed E-state index contributed by atoms with van der Waals surface area (Å²) >= 11 is 0. The first-order valence-electron chi connectivity index (χ1n) is 4.29. The van der Waals surface area contributed by atoms with Crippen LogP contribution in [0.15, 0.2) is 18.9 Å². The van der Waals surface area contributed by atoms with Gasteiger partial charge in [0.05, 0.1) is 11.9 Å². The second-order valence-corrected chi connectivity index (χ2v) is 2.06. The van der Waals surface area contributed by atoms with E-state index in [1.165, 1.54) is 6.20 Å². The van der Waals surface area contributed by atoms with Gasteiger partial charge in [0.2, 0.25) is 0 Å². The molecule has 0 unspecified atom stereocenters. The van der Waals surface area contributed by atoms with Crippen molar-refractivity contribution in [2.45, 2.75) is 20.8 Å². The number of hydrogen-bond acceptors (Lipinski definition) is 1. The fourth-order valence-electron chi connectivity index (χ4n) is 0.815. The largest absolute Gasteiger partial charge is 0.142 e. The molecule has 0 saturated carbocycles. The van der Waals surface area contributed by atoms with Crippen LogP contribution in [0.1, 0.15) is 32.0 Å². The molecule has 0 spiro atoms.